The Balaban J connectivity index is 0.000000956. The molecule has 0 nitrogen and oxygen atoms in total. The largest absolute Gasteiger partial charge is 0.134 e. The molecular weight excluding hydrogens is 278 g/mol. The molecule has 0 N–H and O–H groups in total. The number of hydrogen-bond acceptors (Lipinski definition) is 0. The molecule has 20 heavy (non-hydrogen) atoms. The van der Waals surface area contributed by atoms with Crippen molar-refractivity contribution in [1.29, 1.82) is 0 Å². The molecule has 0 heterocycles. The van der Waals surface area contributed by atoms with Gasteiger partial charge in [-0.15, -0.1) is 18.5 Å². The Morgan fingerprint density at radius 3 is 1.80 bits per heavy atom. The van der Waals surface area contributed by atoms with Gasteiger partial charge in [0.15, 0.2) is 0 Å². The molecule has 0 bridgehead atoms. The molecule has 1 aliphatic carbocycles. The van der Waals surface area contributed by atoms with Crippen molar-refractivity contribution in [2.24, 2.45) is 5.92 Å². The molecule has 0 radical (unpaired) electrons. The summed E-state index contributed by atoms with van der Waals surface area (Å²) in [5.74, 6) is 1.53. The monoisotopic (exact) mass is 310 g/mol. The van der Waals surface area contributed by atoms with Crippen molar-refractivity contribution in [2.45, 2.75) is 72.9 Å². The standard InChI is InChI=1S/C16H26P2.C2H6/c1-8-6-7-13(17)14(8)15-11(4)9(2)10(3)12(5)16(15)18;1-2/h8,13-14H,6-7,17-18H2,1-5H3;1-2H3. The fourth-order valence-electron chi connectivity index (χ4n) is 3.54. The van der Waals surface area contributed by atoms with Gasteiger partial charge in [-0.1, -0.05) is 20.8 Å². The van der Waals surface area contributed by atoms with E-state index in [9.17, 15) is 0 Å². The summed E-state index contributed by atoms with van der Waals surface area (Å²) < 4.78 is 0. The van der Waals surface area contributed by atoms with Crippen LogP contribution in [0.2, 0.25) is 0 Å². The lowest BCUT2D eigenvalue weighted by Gasteiger charge is -2.28. The lowest BCUT2D eigenvalue weighted by atomic mass is 9.83. The summed E-state index contributed by atoms with van der Waals surface area (Å²) in [5.41, 5.74) is 8.31. The van der Waals surface area contributed by atoms with Gasteiger partial charge >= 0.3 is 0 Å². The quantitative estimate of drug-likeness (QED) is 0.625. The Kier molecular flexibility index (Phi) is 6.69. The second kappa shape index (κ2) is 7.38. The predicted octanol–water partition coefficient (Wildman–Crippen LogP) is 5.20. The lowest BCUT2D eigenvalue weighted by Crippen LogP contribution is -2.22. The summed E-state index contributed by atoms with van der Waals surface area (Å²) in [7, 11) is 6.10. The minimum atomic E-state index is 0.723. The van der Waals surface area contributed by atoms with Crippen molar-refractivity contribution < 1.29 is 0 Å². The summed E-state index contributed by atoms with van der Waals surface area (Å²) in [6.45, 7) is 15.5. The second-order valence-corrected chi connectivity index (χ2v) is 7.51. The predicted molar refractivity (Wildman–Crippen MR) is 101 cm³/mol. The van der Waals surface area contributed by atoms with Crippen LogP contribution in [0.25, 0.3) is 0 Å². The van der Waals surface area contributed by atoms with Crippen molar-refractivity contribution in [2.75, 3.05) is 0 Å². The zero-order valence-electron chi connectivity index (χ0n) is 14.3. The van der Waals surface area contributed by atoms with Gasteiger partial charge in [-0.05, 0) is 91.2 Å². The molecule has 1 aromatic carbocycles. The molecular formula is C18H32P2. The highest BCUT2D eigenvalue weighted by molar-refractivity contribution is 7.27. The Labute approximate surface area is 130 Å². The van der Waals surface area contributed by atoms with E-state index in [0.29, 0.717) is 0 Å². The molecule has 1 aliphatic rings. The van der Waals surface area contributed by atoms with E-state index >= 15 is 0 Å². The highest BCUT2D eigenvalue weighted by Crippen LogP contribution is 2.45. The average Bonchev–Trinajstić information content (AvgIpc) is 2.77. The van der Waals surface area contributed by atoms with E-state index in [2.05, 4.69) is 53.1 Å². The van der Waals surface area contributed by atoms with Crippen LogP contribution in [-0.2, 0) is 0 Å². The average molecular weight is 310 g/mol. The van der Waals surface area contributed by atoms with E-state index in [1.54, 1.807) is 5.56 Å². The van der Waals surface area contributed by atoms with Gasteiger partial charge in [0.25, 0.3) is 0 Å². The normalized spacial score (nSPS) is 25.4. The Morgan fingerprint density at radius 1 is 0.850 bits per heavy atom. The van der Waals surface area contributed by atoms with Gasteiger partial charge in [0.05, 0.1) is 0 Å². The van der Waals surface area contributed by atoms with E-state index in [-0.39, 0.29) is 0 Å². The Hall–Kier alpha value is 0.0800. The molecule has 0 aromatic heterocycles. The van der Waals surface area contributed by atoms with E-state index < -0.39 is 0 Å². The Morgan fingerprint density at radius 2 is 1.35 bits per heavy atom. The third kappa shape index (κ3) is 3.13. The first-order chi connectivity index (χ1) is 9.36. The lowest BCUT2D eigenvalue weighted by molar-refractivity contribution is 0.536. The highest BCUT2D eigenvalue weighted by Gasteiger charge is 2.34. The fourth-order valence-corrected chi connectivity index (χ4v) is 4.92. The van der Waals surface area contributed by atoms with Crippen LogP contribution in [0.4, 0.5) is 0 Å². The van der Waals surface area contributed by atoms with E-state index in [0.717, 1.165) is 17.5 Å². The van der Waals surface area contributed by atoms with E-state index in [1.165, 1.54) is 40.4 Å². The van der Waals surface area contributed by atoms with Crippen molar-refractivity contribution in [1.82, 2.24) is 0 Å². The highest BCUT2D eigenvalue weighted by atomic mass is 31.0. The van der Waals surface area contributed by atoms with E-state index in [4.69, 9.17) is 0 Å². The first-order valence-electron chi connectivity index (χ1n) is 7.97. The molecule has 5 unspecified atom stereocenters. The molecule has 1 saturated carbocycles. The SMILES string of the molecule is CC.Cc1c(C)c(C)c(C2C(C)CCC2P)c(P)c1C. The van der Waals surface area contributed by atoms with Crippen molar-refractivity contribution in [3.8, 4) is 0 Å². The van der Waals surface area contributed by atoms with Crippen LogP contribution in [0.3, 0.4) is 0 Å². The maximum absolute atomic E-state index is 3.09. The maximum Gasteiger partial charge on any atom is -0.00643 e. The molecule has 2 heteroatoms. The van der Waals surface area contributed by atoms with Crippen molar-refractivity contribution >= 4 is 23.8 Å². The summed E-state index contributed by atoms with van der Waals surface area (Å²) in [6, 6.07) is 0. The molecule has 0 saturated heterocycles. The second-order valence-electron chi connectivity index (χ2n) is 6.07. The molecule has 5 atom stereocenters. The van der Waals surface area contributed by atoms with Crippen LogP contribution in [0.5, 0.6) is 0 Å². The minimum Gasteiger partial charge on any atom is -0.134 e. The van der Waals surface area contributed by atoms with Gasteiger partial charge in [-0.3, -0.25) is 0 Å². The van der Waals surface area contributed by atoms with Gasteiger partial charge in [-0.2, -0.15) is 0 Å². The van der Waals surface area contributed by atoms with Gasteiger partial charge in [0, 0.05) is 0 Å². The van der Waals surface area contributed by atoms with Gasteiger partial charge < -0.3 is 0 Å². The minimum absolute atomic E-state index is 0.723. The number of rotatable bonds is 1. The maximum atomic E-state index is 3.09. The van der Waals surface area contributed by atoms with Crippen LogP contribution < -0.4 is 5.30 Å². The third-order valence-electron chi connectivity index (χ3n) is 5.15. The first-order valence-corrected chi connectivity index (χ1v) is 9.22. The fraction of sp³-hybridized carbons (Fsp3) is 0.667. The molecule has 114 valence electrons. The van der Waals surface area contributed by atoms with Crippen molar-refractivity contribution in [3.05, 3.63) is 27.8 Å². The smallest absolute Gasteiger partial charge is 0.00643 e. The topological polar surface area (TPSA) is 0 Å². The van der Waals surface area contributed by atoms with Crippen LogP contribution in [0.1, 0.15) is 67.3 Å². The van der Waals surface area contributed by atoms with Crippen LogP contribution in [0, 0.1) is 33.6 Å². The molecule has 0 amide bonds. The summed E-state index contributed by atoms with van der Waals surface area (Å²) in [6.07, 6.45) is 2.72. The Bertz CT molecular complexity index is 438. The van der Waals surface area contributed by atoms with Crippen LogP contribution >= 0.6 is 18.5 Å². The molecule has 0 spiro atoms. The zero-order valence-corrected chi connectivity index (χ0v) is 16.6. The number of benzene rings is 1. The number of hydrogen-bond donors (Lipinski definition) is 0. The molecule has 1 aromatic rings. The van der Waals surface area contributed by atoms with Crippen molar-refractivity contribution in [3.63, 3.8) is 0 Å². The summed E-state index contributed by atoms with van der Waals surface area (Å²) >= 11 is 0. The van der Waals surface area contributed by atoms with Gasteiger partial charge in [0.2, 0.25) is 0 Å². The molecule has 2 rings (SSSR count). The summed E-state index contributed by atoms with van der Waals surface area (Å²) in [5, 5.41) is 1.46. The molecule has 1 fully saturated rings. The van der Waals surface area contributed by atoms with Crippen LogP contribution in [-0.4, -0.2) is 5.66 Å². The first kappa shape index (κ1) is 18.1. The van der Waals surface area contributed by atoms with E-state index in [1.807, 2.05) is 13.8 Å². The van der Waals surface area contributed by atoms with Crippen LogP contribution in [0.15, 0.2) is 0 Å². The third-order valence-corrected chi connectivity index (χ3v) is 6.64. The zero-order chi connectivity index (χ0) is 15.6. The van der Waals surface area contributed by atoms with Gasteiger partial charge in [-0.25, -0.2) is 0 Å². The molecule has 0 aliphatic heterocycles. The van der Waals surface area contributed by atoms with Gasteiger partial charge in [0.1, 0.15) is 0 Å². The summed E-state index contributed by atoms with van der Waals surface area (Å²) in [4.78, 5) is 0.